The number of ketones is 1. The van der Waals surface area contributed by atoms with Gasteiger partial charge in [0.1, 0.15) is 5.75 Å². The zero-order valence-electron chi connectivity index (χ0n) is 11.8. The van der Waals surface area contributed by atoms with Crippen molar-refractivity contribution in [2.24, 2.45) is 0 Å². The SMILES string of the molecule is COc1cc(C)c(Cl)c(C)c1C(C(C)=O)N(C)C. The Hall–Kier alpha value is -1.06. The van der Waals surface area contributed by atoms with Gasteiger partial charge in [0.2, 0.25) is 0 Å². The van der Waals surface area contributed by atoms with Crippen LogP contribution in [0.15, 0.2) is 6.07 Å². The first-order valence-corrected chi connectivity index (χ1v) is 6.19. The third kappa shape index (κ3) is 2.68. The number of carbonyl (C=O) groups is 1. The molecule has 0 radical (unpaired) electrons. The van der Waals surface area contributed by atoms with E-state index in [0.717, 1.165) is 16.7 Å². The molecule has 0 saturated carbocycles. The maximum atomic E-state index is 11.9. The summed E-state index contributed by atoms with van der Waals surface area (Å²) in [4.78, 5) is 13.7. The van der Waals surface area contributed by atoms with Crippen LogP contribution in [0.1, 0.15) is 29.7 Å². The van der Waals surface area contributed by atoms with Crippen molar-refractivity contribution in [3.63, 3.8) is 0 Å². The van der Waals surface area contributed by atoms with Crippen LogP contribution in [0.5, 0.6) is 5.75 Å². The first-order valence-electron chi connectivity index (χ1n) is 5.81. The number of hydrogen-bond donors (Lipinski definition) is 0. The number of rotatable bonds is 4. The van der Waals surface area contributed by atoms with Gasteiger partial charge in [0.25, 0.3) is 0 Å². The van der Waals surface area contributed by atoms with Crippen molar-refractivity contribution < 1.29 is 9.53 Å². The largest absolute Gasteiger partial charge is 0.496 e. The molecule has 0 aliphatic rings. The minimum atomic E-state index is -0.335. The molecule has 1 aromatic rings. The molecule has 0 fully saturated rings. The van der Waals surface area contributed by atoms with Crippen LogP contribution in [0.3, 0.4) is 0 Å². The highest BCUT2D eigenvalue weighted by molar-refractivity contribution is 6.32. The third-order valence-corrected chi connectivity index (χ3v) is 3.67. The fourth-order valence-electron chi connectivity index (χ4n) is 2.27. The van der Waals surface area contributed by atoms with E-state index in [1.165, 1.54) is 0 Å². The minimum absolute atomic E-state index is 0.0707. The number of benzene rings is 1. The average Bonchev–Trinajstić information content (AvgIpc) is 2.28. The van der Waals surface area contributed by atoms with E-state index in [1.807, 2.05) is 38.9 Å². The van der Waals surface area contributed by atoms with Crippen LogP contribution in [-0.2, 0) is 4.79 Å². The van der Waals surface area contributed by atoms with Gasteiger partial charge in [-0.3, -0.25) is 9.69 Å². The Bertz CT molecular complexity index is 469. The molecule has 0 heterocycles. The highest BCUT2D eigenvalue weighted by Crippen LogP contribution is 2.37. The smallest absolute Gasteiger partial charge is 0.151 e. The summed E-state index contributed by atoms with van der Waals surface area (Å²) >= 11 is 6.28. The van der Waals surface area contributed by atoms with Crippen LogP contribution in [-0.4, -0.2) is 31.9 Å². The second-order valence-corrected chi connectivity index (χ2v) is 5.10. The van der Waals surface area contributed by atoms with Crippen molar-refractivity contribution in [1.82, 2.24) is 4.90 Å². The molecule has 0 bridgehead atoms. The molecule has 0 amide bonds. The molecule has 4 heteroatoms. The van der Waals surface area contributed by atoms with Gasteiger partial charge in [0.15, 0.2) is 5.78 Å². The summed E-state index contributed by atoms with van der Waals surface area (Å²) < 4.78 is 5.41. The monoisotopic (exact) mass is 269 g/mol. The average molecular weight is 270 g/mol. The molecule has 1 aromatic carbocycles. The molecule has 1 atom stereocenters. The molecular weight excluding hydrogens is 250 g/mol. The maximum Gasteiger partial charge on any atom is 0.151 e. The predicted octanol–water partition coefficient (Wildman–Crippen LogP) is 3.16. The standard InChI is InChI=1S/C14H20ClNO2/c1-8-7-11(18-6)12(9(2)13(8)15)14(10(3)17)16(4)5/h7,14H,1-6H3. The quantitative estimate of drug-likeness (QED) is 0.841. The van der Waals surface area contributed by atoms with Crippen LogP contribution in [0.4, 0.5) is 0 Å². The van der Waals surface area contributed by atoms with E-state index in [4.69, 9.17) is 16.3 Å². The van der Waals surface area contributed by atoms with Crippen molar-refractivity contribution >= 4 is 17.4 Å². The molecule has 0 aliphatic heterocycles. The lowest BCUT2D eigenvalue weighted by Gasteiger charge is -2.26. The Balaban J connectivity index is 3.55. The zero-order chi connectivity index (χ0) is 14.0. The summed E-state index contributed by atoms with van der Waals surface area (Å²) in [6.07, 6.45) is 0. The van der Waals surface area contributed by atoms with Gasteiger partial charge in [-0.05, 0) is 52.1 Å². The first kappa shape index (κ1) is 15.0. The number of likely N-dealkylation sites (N-methyl/N-ethyl adjacent to an activating group) is 1. The highest BCUT2D eigenvalue weighted by atomic mass is 35.5. The van der Waals surface area contributed by atoms with E-state index in [0.29, 0.717) is 10.8 Å². The van der Waals surface area contributed by atoms with Crippen LogP contribution in [0.2, 0.25) is 5.02 Å². The van der Waals surface area contributed by atoms with Crippen molar-refractivity contribution in [1.29, 1.82) is 0 Å². The van der Waals surface area contributed by atoms with Crippen molar-refractivity contribution in [2.75, 3.05) is 21.2 Å². The molecule has 18 heavy (non-hydrogen) atoms. The number of Topliss-reactive ketones (excluding diaryl/α,β-unsaturated/α-hetero) is 1. The summed E-state index contributed by atoms with van der Waals surface area (Å²) in [5, 5.41) is 0.693. The lowest BCUT2D eigenvalue weighted by Crippen LogP contribution is -2.27. The number of halogens is 1. The van der Waals surface area contributed by atoms with Crippen molar-refractivity contribution in [3.8, 4) is 5.75 Å². The maximum absolute atomic E-state index is 11.9. The molecule has 0 spiro atoms. The van der Waals surface area contributed by atoms with Gasteiger partial charge in [-0.15, -0.1) is 0 Å². The lowest BCUT2D eigenvalue weighted by atomic mass is 9.94. The number of ether oxygens (including phenoxy) is 1. The number of carbonyl (C=O) groups excluding carboxylic acids is 1. The Kier molecular flexibility index (Phi) is 4.77. The van der Waals surface area contributed by atoms with Gasteiger partial charge in [0.05, 0.1) is 13.2 Å². The van der Waals surface area contributed by atoms with E-state index in [2.05, 4.69) is 0 Å². The van der Waals surface area contributed by atoms with E-state index in [1.54, 1.807) is 14.0 Å². The number of hydrogen-bond acceptors (Lipinski definition) is 3. The van der Waals surface area contributed by atoms with Gasteiger partial charge in [-0.25, -0.2) is 0 Å². The molecule has 1 unspecified atom stereocenters. The number of aryl methyl sites for hydroxylation is 1. The van der Waals surface area contributed by atoms with Crippen molar-refractivity contribution in [3.05, 3.63) is 27.8 Å². The van der Waals surface area contributed by atoms with Crippen LogP contribution < -0.4 is 4.74 Å². The molecule has 1 rings (SSSR count). The van der Waals surface area contributed by atoms with Crippen molar-refractivity contribution in [2.45, 2.75) is 26.8 Å². The Morgan fingerprint density at radius 3 is 2.33 bits per heavy atom. The molecule has 3 nitrogen and oxygen atoms in total. The van der Waals surface area contributed by atoms with E-state index >= 15 is 0 Å². The molecular formula is C14H20ClNO2. The van der Waals surface area contributed by atoms with E-state index < -0.39 is 0 Å². The summed E-state index contributed by atoms with van der Waals surface area (Å²) in [6, 6.07) is 1.54. The second-order valence-electron chi connectivity index (χ2n) is 4.73. The topological polar surface area (TPSA) is 29.5 Å². The first-order chi connectivity index (χ1) is 8.31. The minimum Gasteiger partial charge on any atom is -0.496 e. The molecule has 0 aromatic heterocycles. The van der Waals surface area contributed by atoms with Crippen LogP contribution in [0.25, 0.3) is 0 Å². The normalized spacial score (nSPS) is 12.7. The second kappa shape index (κ2) is 5.72. The number of nitrogens with zero attached hydrogens (tertiary/aromatic N) is 1. The summed E-state index contributed by atoms with van der Waals surface area (Å²) in [5.74, 6) is 0.782. The highest BCUT2D eigenvalue weighted by Gasteiger charge is 2.26. The Morgan fingerprint density at radius 1 is 1.39 bits per heavy atom. The zero-order valence-corrected chi connectivity index (χ0v) is 12.6. The summed E-state index contributed by atoms with van der Waals surface area (Å²) in [6.45, 7) is 5.43. The molecule has 0 N–H and O–H groups in total. The van der Waals surface area contributed by atoms with Gasteiger partial charge >= 0.3 is 0 Å². The molecule has 100 valence electrons. The fraction of sp³-hybridized carbons (Fsp3) is 0.500. The van der Waals surface area contributed by atoms with Crippen LogP contribution in [0, 0.1) is 13.8 Å². The predicted molar refractivity (Wildman–Crippen MR) is 74.6 cm³/mol. The third-order valence-electron chi connectivity index (χ3n) is 3.09. The van der Waals surface area contributed by atoms with Gasteiger partial charge in [-0.1, -0.05) is 11.6 Å². The molecule has 0 aliphatic carbocycles. The summed E-state index contributed by atoms with van der Waals surface area (Å²) in [5.41, 5.74) is 2.71. The van der Waals surface area contributed by atoms with Gasteiger partial charge < -0.3 is 4.74 Å². The Morgan fingerprint density at radius 2 is 1.94 bits per heavy atom. The fourth-order valence-corrected chi connectivity index (χ4v) is 2.43. The Labute approximate surface area is 114 Å². The van der Waals surface area contributed by atoms with E-state index in [9.17, 15) is 4.79 Å². The van der Waals surface area contributed by atoms with Gasteiger partial charge in [0, 0.05) is 10.6 Å². The summed E-state index contributed by atoms with van der Waals surface area (Å²) in [7, 11) is 5.36. The van der Waals surface area contributed by atoms with E-state index in [-0.39, 0.29) is 11.8 Å². The lowest BCUT2D eigenvalue weighted by molar-refractivity contribution is -0.121. The van der Waals surface area contributed by atoms with Gasteiger partial charge in [-0.2, -0.15) is 0 Å². The molecule has 0 saturated heterocycles. The number of methoxy groups -OCH3 is 1. The van der Waals surface area contributed by atoms with Crippen LogP contribution >= 0.6 is 11.6 Å².